The van der Waals surface area contributed by atoms with Gasteiger partial charge >= 0.3 is 0 Å². The highest BCUT2D eigenvalue weighted by Gasteiger charge is 2.38. The van der Waals surface area contributed by atoms with Crippen LogP contribution in [-0.4, -0.2) is 29.4 Å². The molecule has 0 aromatic rings. The summed E-state index contributed by atoms with van der Waals surface area (Å²) in [6, 6.07) is 0. The summed E-state index contributed by atoms with van der Waals surface area (Å²) in [6.07, 6.45) is 2.79. The van der Waals surface area contributed by atoms with E-state index in [0.717, 1.165) is 19.4 Å². The number of amides is 1. The first-order valence-corrected chi connectivity index (χ1v) is 5.50. The zero-order valence-corrected chi connectivity index (χ0v) is 9.55. The molecule has 1 fully saturated rings. The van der Waals surface area contributed by atoms with E-state index in [0.29, 0.717) is 18.9 Å². The molecule has 1 atom stereocenters. The minimum Gasteiger partial charge on any atom is -0.336 e. The molecule has 0 radical (unpaired) electrons. The first-order valence-electron chi connectivity index (χ1n) is 5.50. The van der Waals surface area contributed by atoms with Crippen LogP contribution in [0.25, 0.3) is 0 Å². The van der Waals surface area contributed by atoms with Gasteiger partial charge in [0.1, 0.15) is 0 Å². The third kappa shape index (κ3) is 2.27. The predicted octanol–water partition coefficient (Wildman–Crippen LogP) is 1.37. The van der Waals surface area contributed by atoms with Crippen LogP contribution in [0.5, 0.6) is 0 Å². The zero-order chi connectivity index (χ0) is 10.8. The minimum absolute atomic E-state index is 0.0774. The molecule has 1 unspecified atom stereocenters. The number of likely N-dealkylation sites (tertiary alicyclic amines) is 1. The maximum absolute atomic E-state index is 11.9. The summed E-state index contributed by atoms with van der Waals surface area (Å²) in [5.41, 5.74) is 5.66. The molecule has 0 aliphatic carbocycles. The van der Waals surface area contributed by atoms with Crippen molar-refractivity contribution < 1.29 is 4.79 Å². The van der Waals surface area contributed by atoms with Crippen LogP contribution in [-0.2, 0) is 4.79 Å². The molecule has 82 valence electrons. The van der Waals surface area contributed by atoms with Gasteiger partial charge in [0.05, 0.1) is 5.54 Å². The van der Waals surface area contributed by atoms with Gasteiger partial charge in [-0.15, -0.1) is 0 Å². The van der Waals surface area contributed by atoms with Gasteiger partial charge in [0.15, 0.2) is 0 Å². The van der Waals surface area contributed by atoms with Crippen molar-refractivity contribution in [3.63, 3.8) is 0 Å². The molecule has 1 aliphatic rings. The largest absolute Gasteiger partial charge is 0.336 e. The molecule has 1 aliphatic heterocycles. The summed E-state index contributed by atoms with van der Waals surface area (Å²) in [5, 5.41) is 0. The summed E-state index contributed by atoms with van der Waals surface area (Å²) < 4.78 is 0. The van der Waals surface area contributed by atoms with Crippen LogP contribution in [0.1, 0.15) is 40.0 Å². The monoisotopic (exact) mass is 198 g/mol. The standard InChI is InChI=1S/C11H22N2O/c1-9(2)7-10(14)13-6-4-5-11(13,3)8-12/h9H,4-8,12H2,1-3H3. The van der Waals surface area contributed by atoms with Crippen molar-refractivity contribution in [1.29, 1.82) is 0 Å². The molecule has 3 heteroatoms. The summed E-state index contributed by atoms with van der Waals surface area (Å²) >= 11 is 0. The summed E-state index contributed by atoms with van der Waals surface area (Å²) in [5.74, 6) is 0.704. The number of carbonyl (C=O) groups excluding carboxylic acids is 1. The lowest BCUT2D eigenvalue weighted by Crippen LogP contribution is -2.50. The minimum atomic E-state index is -0.0774. The Morgan fingerprint density at radius 1 is 1.57 bits per heavy atom. The predicted molar refractivity (Wildman–Crippen MR) is 57.9 cm³/mol. The van der Waals surface area contributed by atoms with E-state index < -0.39 is 0 Å². The van der Waals surface area contributed by atoms with Gasteiger partial charge in [-0.1, -0.05) is 13.8 Å². The second-order valence-electron chi connectivity index (χ2n) is 4.95. The van der Waals surface area contributed by atoms with Crippen molar-refractivity contribution >= 4 is 5.91 Å². The normalized spacial score (nSPS) is 27.4. The van der Waals surface area contributed by atoms with Crippen LogP contribution in [0.4, 0.5) is 0 Å². The lowest BCUT2D eigenvalue weighted by molar-refractivity contribution is -0.135. The second kappa shape index (κ2) is 4.30. The van der Waals surface area contributed by atoms with Gasteiger partial charge in [-0.2, -0.15) is 0 Å². The smallest absolute Gasteiger partial charge is 0.223 e. The van der Waals surface area contributed by atoms with Crippen molar-refractivity contribution in [3.8, 4) is 0 Å². The van der Waals surface area contributed by atoms with Gasteiger partial charge in [-0.05, 0) is 25.7 Å². The Balaban J connectivity index is 2.62. The quantitative estimate of drug-likeness (QED) is 0.744. The SMILES string of the molecule is CC(C)CC(=O)N1CCCC1(C)CN. The number of hydrogen-bond donors (Lipinski definition) is 1. The van der Waals surface area contributed by atoms with Gasteiger partial charge in [-0.3, -0.25) is 4.79 Å². The van der Waals surface area contributed by atoms with Gasteiger partial charge in [-0.25, -0.2) is 0 Å². The number of rotatable bonds is 3. The fourth-order valence-corrected chi connectivity index (χ4v) is 2.12. The number of hydrogen-bond acceptors (Lipinski definition) is 2. The lowest BCUT2D eigenvalue weighted by Gasteiger charge is -2.34. The molecule has 1 heterocycles. The Bertz CT molecular complexity index is 215. The topological polar surface area (TPSA) is 46.3 Å². The third-order valence-electron chi connectivity index (χ3n) is 3.07. The van der Waals surface area contributed by atoms with Gasteiger partial charge in [0.2, 0.25) is 5.91 Å². The number of nitrogens with two attached hydrogens (primary N) is 1. The first kappa shape index (κ1) is 11.5. The van der Waals surface area contributed by atoms with Crippen LogP contribution in [0, 0.1) is 5.92 Å². The molecule has 3 nitrogen and oxygen atoms in total. The van der Waals surface area contributed by atoms with E-state index in [1.54, 1.807) is 0 Å². The number of carbonyl (C=O) groups is 1. The Labute approximate surface area is 86.6 Å². The van der Waals surface area contributed by atoms with Gasteiger partial charge < -0.3 is 10.6 Å². The van der Waals surface area contributed by atoms with Gasteiger partial charge in [0.25, 0.3) is 0 Å². The summed E-state index contributed by atoms with van der Waals surface area (Å²) in [7, 11) is 0. The van der Waals surface area contributed by atoms with E-state index in [1.165, 1.54) is 0 Å². The molecule has 0 bridgehead atoms. The fraction of sp³-hybridized carbons (Fsp3) is 0.909. The molecule has 1 saturated heterocycles. The molecule has 0 aromatic carbocycles. The molecule has 2 N–H and O–H groups in total. The molecular weight excluding hydrogens is 176 g/mol. The molecule has 1 rings (SSSR count). The van der Waals surface area contributed by atoms with Crippen LogP contribution in [0.15, 0.2) is 0 Å². The maximum Gasteiger partial charge on any atom is 0.223 e. The summed E-state index contributed by atoms with van der Waals surface area (Å²) in [6.45, 7) is 7.72. The van der Waals surface area contributed by atoms with Crippen molar-refractivity contribution in [2.75, 3.05) is 13.1 Å². The number of nitrogens with zero attached hydrogens (tertiary/aromatic N) is 1. The van der Waals surface area contributed by atoms with Gasteiger partial charge in [0, 0.05) is 19.5 Å². The molecule has 0 saturated carbocycles. The van der Waals surface area contributed by atoms with E-state index in [4.69, 9.17) is 5.73 Å². The Hall–Kier alpha value is -0.570. The van der Waals surface area contributed by atoms with Crippen molar-refractivity contribution in [2.45, 2.75) is 45.6 Å². The lowest BCUT2D eigenvalue weighted by atomic mass is 9.98. The molecule has 0 aromatic heterocycles. The maximum atomic E-state index is 11.9. The average molecular weight is 198 g/mol. The van der Waals surface area contributed by atoms with Crippen LogP contribution in [0.3, 0.4) is 0 Å². The van der Waals surface area contributed by atoms with E-state index in [-0.39, 0.29) is 11.4 Å². The Kier molecular flexibility index (Phi) is 3.53. The highest BCUT2D eigenvalue weighted by Crippen LogP contribution is 2.28. The first-order chi connectivity index (χ1) is 6.49. The molecule has 1 amide bonds. The molecular formula is C11H22N2O. The van der Waals surface area contributed by atoms with Crippen LogP contribution >= 0.6 is 0 Å². The highest BCUT2D eigenvalue weighted by atomic mass is 16.2. The van der Waals surface area contributed by atoms with E-state index >= 15 is 0 Å². The van der Waals surface area contributed by atoms with E-state index in [9.17, 15) is 4.79 Å². The third-order valence-corrected chi connectivity index (χ3v) is 3.07. The molecule has 14 heavy (non-hydrogen) atoms. The zero-order valence-electron chi connectivity index (χ0n) is 9.55. The van der Waals surface area contributed by atoms with Crippen molar-refractivity contribution in [3.05, 3.63) is 0 Å². The van der Waals surface area contributed by atoms with E-state index in [2.05, 4.69) is 20.8 Å². The van der Waals surface area contributed by atoms with E-state index in [1.807, 2.05) is 4.90 Å². The highest BCUT2D eigenvalue weighted by molar-refractivity contribution is 5.77. The Morgan fingerprint density at radius 2 is 2.21 bits per heavy atom. The molecule has 0 spiro atoms. The fourth-order valence-electron chi connectivity index (χ4n) is 2.12. The second-order valence-corrected chi connectivity index (χ2v) is 4.95. The van der Waals surface area contributed by atoms with Crippen LogP contribution < -0.4 is 5.73 Å². The average Bonchev–Trinajstić information content (AvgIpc) is 2.47. The van der Waals surface area contributed by atoms with Crippen molar-refractivity contribution in [1.82, 2.24) is 4.90 Å². The summed E-state index contributed by atoms with van der Waals surface area (Å²) in [4.78, 5) is 13.9. The van der Waals surface area contributed by atoms with Crippen molar-refractivity contribution in [2.24, 2.45) is 11.7 Å². The van der Waals surface area contributed by atoms with Crippen LogP contribution in [0.2, 0.25) is 0 Å². The Morgan fingerprint density at radius 3 is 2.71 bits per heavy atom.